The lowest BCUT2D eigenvalue weighted by atomic mass is 10.2. The maximum atomic E-state index is 12.6. The van der Waals surface area contributed by atoms with Gasteiger partial charge in [0.1, 0.15) is 6.07 Å². The fraction of sp³-hybridized carbons (Fsp3) is 0.421. The Hall–Kier alpha value is -1.98. The van der Waals surface area contributed by atoms with Gasteiger partial charge in [-0.2, -0.15) is 5.26 Å². The summed E-state index contributed by atoms with van der Waals surface area (Å²) in [5.74, 6) is -0.0700. The maximum Gasteiger partial charge on any atom is 0.241 e. The van der Waals surface area contributed by atoms with Gasteiger partial charge in [-0.1, -0.05) is 11.6 Å². The first kappa shape index (κ1) is 19.8. The number of anilines is 1. The Morgan fingerprint density at radius 2 is 2.15 bits per heavy atom. The second-order valence-electron chi connectivity index (χ2n) is 6.64. The summed E-state index contributed by atoms with van der Waals surface area (Å²) in [6.07, 6.45) is 0. The number of rotatable bonds is 5. The molecule has 1 aromatic heterocycles. The van der Waals surface area contributed by atoms with E-state index in [0.29, 0.717) is 16.3 Å². The van der Waals surface area contributed by atoms with E-state index in [1.807, 2.05) is 19.9 Å². The van der Waals surface area contributed by atoms with Gasteiger partial charge < -0.3 is 5.32 Å². The number of piperazine rings is 1. The third-order valence-corrected chi connectivity index (χ3v) is 5.88. The van der Waals surface area contributed by atoms with Crippen molar-refractivity contribution in [2.75, 3.05) is 31.5 Å². The van der Waals surface area contributed by atoms with E-state index in [2.05, 4.69) is 25.5 Å². The Bertz CT molecular complexity index is 854. The number of amides is 1. The highest BCUT2D eigenvalue weighted by atomic mass is 35.5. The molecule has 0 spiro atoms. The molecule has 1 N–H and O–H groups in total. The van der Waals surface area contributed by atoms with Crippen molar-refractivity contribution in [3.63, 3.8) is 0 Å². The van der Waals surface area contributed by atoms with Crippen molar-refractivity contribution in [1.82, 2.24) is 14.8 Å². The third kappa shape index (κ3) is 5.05. The lowest BCUT2D eigenvalue weighted by Gasteiger charge is -2.37. The van der Waals surface area contributed by atoms with Gasteiger partial charge in [0.15, 0.2) is 0 Å². The number of thiazole rings is 1. The lowest BCUT2D eigenvalue weighted by Crippen LogP contribution is -2.52. The maximum absolute atomic E-state index is 12.6. The van der Waals surface area contributed by atoms with E-state index in [0.717, 1.165) is 43.4 Å². The number of aromatic nitrogens is 1. The first-order chi connectivity index (χ1) is 13.0. The summed E-state index contributed by atoms with van der Waals surface area (Å²) < 4.78 is 0. The number of carbonyl (C=O) groups excluding carboxylic acids is 1. The second kappa shape index (κ2) is 8.81. The van der Waals surface area contributed by atoms with Crippen LogP contribution in [-0.4, -0.2) is 52.9 Å². The standard InChI is InChI=1S/C19H22ClN5OS/c1-13(19(26)23-16-4-3-15(10-21)18(20)9-16)25-7-5-24(6-8-25)11-17-12-27-14(2)22-17/h3-4,9,12-13H,5-8,11H2,1-2H3,(H,23,26)/t13-/m1/s1. The zero-order valence-electron chi connectivity index (χ0n) is 15.4. The van der Waals surface area contributed by atoms with E-state index in [1.165, 1.54) is 0 Å². The fourth-order valence-electron chi connectivity index (χ4n) is 3.11. The summed E-state index contributed by atoms with van der Waals surface area (Å²) in [6.45, 7) is 8.31. The molecule has 0 radical (unpaired) electrons. The number of nitriles is 1. The largest absolute Gasteiger partial charge is 0.325 e. The van der Waals surface area contributed by atoms with Crippen LogP contribution in [0.3, 0.4) is 0 Å². The minimum absolute atomic E-state index is 0.0700. The summed E-state index contributed by atoms with van der Waals surface area (Å²) in [4.78, 5) is 21.6. The number of nitrogens with one attached hydrogen (secondary N) is 1. The van der Waals surface area contributed by atoms with Crippen LogP contribution in [0.2, 0.25) is 5.02 Å². The summed E-state index contributed by atoms with van der Waals surface area (Å²) in [7, 11) is 0. The van der Waals surface area contributed by atoms with E-state index in [9.17, 15) is 4.79 Å². The van der Waals surface area contributed by atoms with Crippen molar-refractivity contribution in [1.29, 1.82) is 5.26 Å². The SMILES string of the molecule is Cc1nc(CN2CCN([C@H](C)C(=O)Nc3ccc(C#N)c(Cl)c3)CC2)cs1. The normalized spacial score (nSPS) is 16.7. The molecular formula is C19H22ClN5OS. The monoisotopic (exact) mass is 403 g/mol. The minimum Gasteiger partial charge on any atom is -0.325 e. The number of nitrogens with zero attached hydrogens (tertiary/aromatic N) is 4. The zero-order valence-corrected chi connectivity index (χ0v) is 17.0. The van der Waals surface area contributed by atoms with Gasteiger partial charge in [-0.25, -0.2) is 4.98 Å². The molecule has 1 saturated heterocycles. The van der Waals surface area contributed by atoms with Crippen LogP contribution >= 0.6 is 22.9 Å². The molecule has 2 heterocycles. The molecule has 1 aliphatic rings. The lowest BCUT2D eigenvalue weighted by molar-refractivity contribution is -0.121. The molecule has 0 saturated carbocycles. The van der Waals surface area contributed by atoms with Crippen LogP contribution in [-0.2, 0) is 11.3 Å². The van der Waals surface area contributed by atoms with Gasteiger partial charge in [-0.05, 0) is 32.0 Å². The Labute approximate surface area is 168 Å². The molecule has 0 bridgehead atoms. The summed E-state index contributed by atoms with van der Waals surface area (Å²) in [6, 6.07) is 6.70. The quantitative estimate of drug-likeness (QED) is 0.830. The second-order valence-corrected chi connectivity index (χ2v) is 8.11. The van der Waals surface area contributed by atoms with Gasteiger partial charge in [-0.15, -0.1) is 11.3 Å². The summed E-state index contributed by atoms with van der Waals surface area (Å²) in [5, 5.41) is 15.4. The average molecular weight is 404 g/mol. The first-order valence-electron chi connectivity index (χ1n) is 8.84. The molecule has 0 unspecified atom stereocenters. The molecule has 1 amide bonds. The molecule has 1 atom stereocenters. The smallest absolute Gasteiger partial charge is 0.241 e. The van der Waals surface area contributed by atoms with Crippen molar-refractivity contribution in [2.45, 2.75) is 26.4 Å². The Morgan fingerprint density at radius 1 is 1.41 bits per heavy atom. The highest BCUT2D eigenvalue weighted by Crippen LogP contribution is 2.21. The van der Waals surface area contributed by atoms with Crippen LogP contribution in [0, 0.1) is 18.3 Å². The van der Waals surface area contributed by atoms with E-state index >= 15 is 0 Å². The van der Waals surface area contributed by atoms with Gasteiger partial charge in [0, 0.05) is 43.8 Å². The van der Waals surface area contributed by atoms with Crippen molar-refractivity contribution < 1.29 is 4.79 Å². The Kier molecular flexibility index (Phi) is 6.45. The van der Waals surface area contributed by atoms with Crippen LogP contribution in [0.5, 0.6) is 0 Å². The van der Waals surface area contributed by atoms with Crippen LogP contribution in [0.25, 0.3) is 0 Å². The van der Waals surface area contributed by atoms with Gasteiger partial charge in [0.05, 0.1) is 27.3 Å². The topological polar surface area (TPSA) is 72.3 Å². The van der Waals surface area contributed by atoms with Gasteiger partial charge in [-0.3, -0.25) is 14.6 Å². The Balaban J connectivity index is 1.51. The Morgan fingerprint density at radius 3 is 2.74 bits per heavy atom. The molecule has 1 fully saturated rings. The summed E-state index contributed by atoms with van der Waals surface area (Å²) in [5.41, 5.74) is 2.12. The molecule has 0 aliphatic carbocycles. The van der Waals surface area contributed by atoms with Crippen LogP contribution < -0.4 is 5.32 Å². The number of carbonyl (C=O) groups is 1. The minimum atomic E-state index is -0.233. The predicted octanol–water partition coefficient (Wildman–Crippen LogP) is 3.12. The number of hydrogen-bond acceptors (Lipinski definition) is 6. The molecule has 27 heavy (non-hydrogen) atoms. The van der Waals surface area contributed by atoms with E-state index in [4.69, 9.17) is 16.9 Å². The first-order valence-corrected chi connectivity index (χ1v) is 10.1. The molecule has 142 valence electrons. The van der Waals surface area contributed by atoms with Crippen molar-refractivity contribution in [2.24, 2.45) is 0 Å². The molecule has 2 aromatic rings. The molecular weight excluding hydrogens is 382 g/mol. The van der Waals surface area contributed by atoms with Crippen molar-refractivity contribution in [3.8, 4) is 6.07 Å². The molecule has 3 rings (SSSR count). The van der Waals surface area contributed by atoms with Crippen LogP contribution in [0.15, 0.2) is 23.6 Å². The number of halogens is 1. The fourth-order valence-corrected chi connectivity index (χ4v) is 3.94. The van der Waals surface area contributed by atoms with Gasteiger partial charge in [0.25, 0.3) is 0 Å². The van der Waals surface area contributed by atoms with Gasteiger partial charge >= 0.3 is 0 Å². The number of hydrogen-bond donors (Lipinski definition) is 1. The van der Waals surface area contributed by atoms with E-state index < -0.39 is 0 Å². The van der Waals surface area contributed by atoms with Crippen LogP contribution in [0.4, 0.5) is 5.69 Å². The third-order valence-electron chi connectivity index (χ3n) is 4.74. The summed E-state index contributed by atoms with van der Waals surface area (Å²) >= 11 is 7.71. The van der Waals surface area contributed by atoms with E-state index in [1.54, 1.807) is 29.5 Å². The highest BCUT2D eigenvalue weighted by molar-refractivity contribution is 7.09. The van der Waals surface area contributed by atoms with Gasteiger partial charge in [0.2, 0.25) is 5.91 Å². The molecule has 8 heteroatoms. The predicted molar refractivity (Wildman–Crippen MR) is 108 cm³/mol. The average Bonchev–Trinajstić information content (AvgIpc) is 3.06. The molecule has 1 aliphatic heterocycles. The molecule has 6 nitrogen and oxygen atoms in total. The highest BCUT2D eigenvalue weighted by Gasteiger charge is 2.26. The molecule has 1 aromatic carbocycles. The van der Waals surface area contributed by atoms with Crippen molar-refractivity contribution in [3.05, 3.63) is 44.9 Å². The number of benzene rings is 1. The number of aryl methyl sites for hydroxylation is 1. The van der Waals surface area contributed by atoms with Crippen LogP contribution in [0.1, 0.15) is 23.2 Å². The van der Waals surface area contributed by atoms with Crippen molar-refractivity contribution >= 4 is 34.5 Å². The van der Waals surface area contributed by atoms with E-state index in [-0.39, 0.29) is 11.9 Å². The zero-order chi connectivity index (χ0) is 19.4.